The van der Waals surface area contributed by atoms with Gasteiger partial charge in [0.25, 0.3) is 0 Å². The summed E-state index contributed by atoms with van der Waals surface area (Å²) in [7, 11) is 0. The van der Waals surface area contributed by atoms with Crippen molar-refractivity contribution in [2.45, 2.75) is 31.7 Å². The molecule has 1 aromatic carbocycles. The first-order valence-corrected chi connectivity index (χ1v) is 10.8. The summed E-state index contributed by atoms with van der Waals surface area (Å²) < 4.78 is 0.962. The predicted molar refractivity (Wildman–Crippen MR) is 112 cm³/mol. The molecule has 0 bridgehead atoms. The lowest BCUT2D eigenvalue weighted by atomic mass is 10.1. The molecule has 6 nitrogen and oxygen atoms in total. The number of thioether (sulfide) groups is 1. The number of anilines is 2. The molecule has 4 rings (SSSR count). The third-order valence-corrected chi connectivity index (χ3v) is 6.84. The minimum absolute atomic E-state index is 0.0338. The lowest BCUT2D eigenvalue weighted by Crippen LogP contribution is -2.16. The van der Waals surface area contributed by atoms with E-state index in [1.165, 1.54) is 30.9 Å². The monoisotopic (exact) mass is 399 g/mol. The molecule has 0 saturated carbocycles. The van der Waals surface area contributed by atoms with Crippen molar-refractivity contribution in [3.63, 3.8) is 0 Å². The van der Waals surface area contributed by atoms with E-state index in [1.807, 2.05) is 32.0 Å². The fraction of sp³-hybridized carbons (Fsp3) is 0.368. The average Bonchev–Trinajstić information content (AvgIpc) is 3.32. The Morgan fingerprint density at radius 1 is 1.22 bits per heavy atom. The molecule has 1 aliphatic rings. The molecule has 1 N–H and O–H groups in total. The minimum Gasteiger partial charge on any atom is -0.348 e. The number of fused-ring (bicyclic) bond motifs is 1. The van der Waals surface area contributed by atoms with Gasteiger partial charge in [-0.3, -0.25) is 4.79 Å². The molecule has 3 aromatic rings. The van der Waals surface area contributed by atoms with E-state index in [0.717, 1.165) is 50.4 Å². The number of nitrogens with one attached hydrogen (secondary N) is 1. The fourth-order valence-electron chi connectivity index (χ4n) is 3.19. The summed E-state index contributed by atoms with van der Waals surface area (Å²) in [4.78, 5) is 28.1. The highest BCUT2D eigenvalue weighted by Gasteiger charge is 2.19. The van der Waals surface area contributed by atoms with Crippen molar-refractivity contribution in [3.8, 4) is 0 Å². The number of hydrogen-bond donors (Lipinski definition) is 1. The maximum absolute atomic E-state index is 12.4. The minimum atomic E-state index is -0.0338. The zero-order chi connectivity index (χ0) is 18.8. The highest BCUT2D eigenvalue weighted by Crippen LogP contribution is 2.35. The van der Waals surface area contributed by atoms with Crippen LogP contribution < -0.4 is 10.2 Å². The van der Waals surface area contributed by atoms with Crippen LogP contribution in [0.4, 0.5) is 10.8 Å². The van der Waals surface area contributed by atoms with Gasteiger partial charge >= 0.3 is 0 Å². The Labute approximate surface area is 166 Å². The summed E-state index contributed by atoms with van der Waals surface area (Å²) in [5.74, 6) is 0.269. The van der Waals surface area contributed by atoms with Crippen molar-refractivity contribution in [1.29, 1.82) is 0 Å². The van der Waals surface area contributed by atoms with E-state index in [2.05, 4.69) is 25.2 Å². The summed E-state index contributed by atoms with van der Waals surface area (Å²) in [5, 5.41) is 4.85. The van der Waals surface area contributed by atoms with Crippen molar-refractivity contribution in [1.82, 2.24) is 15.0 Å². The summed E-state index contributed by atoms with van der Waals surface area (Å²) in [6, 6.07) is 6.00. The third-order valence-electron chi connectivity index (χ3n) is 4.61. The number of amides is 1. The molecule has 0 aliphatic carbocycles. The third kappa shape index (κ3) is 3.91. The van der Waals surface area contributed by atoms with Crippen LogP contribution in [0.15, 0.2) is 29.6 Å². The number of carbonyl (C=O) groups excluding carboxylic acids is 1. The van der Waals surface area contributed by atoms with Gasteiger partial charge in [0.05, 0.1) is 5.75 Å². The van der Waals surface area contributed by atoms with Crippen molar-refractivity contribution < 1.29 is 4.79 Å². The van der Waals surface area contributed by atoms with E-state index in [9.17, 15) is 4.79 Å². The number of para-hydroxylation sites is 1. The molecule has 1 saturated heterocycles. The van der Waals surface area contributed by atoms with Gasteiger partial charge in [-0.1, -0.05) is 41.3 Å². The van der Waals surface area contributed by atoms with Crippen LogP contribution in [0.5, 0.6) is 0 Å². The Bertz CT molecular complexity index is 961. The van der Waals surface area contributed by atoms with E-state index >= 15 is 0 Å². The second-order valence-corrected chi connectivity index (χ2v) is 8.57. The number of nitrogens with zero attached hydrogens (tertiary/aromatic N) is 4. The van der Waals surface area contributed by atoms with Gasteiger partial charge < -0.3 is 10.2 Å². The van der Waals surface area contributed by atoms with Crippen molar-refractivity contribution >= 4 is 50.2 Å². The summed E-state index contributed by atoms with van der Waals surface area (Å²) in [5.41, 5.74) is 3.74. The first-order valence-electron chi connectivity index (χ1n) is 8.97. The average molecular weight is 400 g/mol. The Balaban J connectivity index is 1.47. The van der Waals surface area contributed by atoms with Crippen molar-refractivity contribution in [2.75, 3.05) is 29.1 Å². The molecule has 2 aromatic heterocycles. The quantitative estimate of drug-likeness (QED) is 0.516. The lowest BCUT2D eigenvalue weighted by Gasteiger charge is -2.11. The first-order chi connectivity index (χ1) is 13.1. The molecule has 0 atom stereocenters. The van der Waals surface area contributed by atoms with Gasteiger partial charge in [-0.2, -0.15) is 4.98 Å². The van der Waals surface area contributed by atoms with E-state index in [4.69, 9.17) is 0 Å². The second kappa shape index (κ2) is 7.82. The Morgan fingerprint density at radius 2 is 1.96 bits per heavy atom. The SMILES string of the molecule is Cc1cccc(C)c1NC(=O)CSc1ncnc2nc(N3CCCC3)sc12. The highest BCUT2D eigenvalue weighted by molar-refractivity contribution is 8.00. The molecule has 1 aliphatic heterocycles. The lowest BCUT2D eigenvalue weighted by molar-refractivity contribution is -0.113. The molecule has 3 heterocycles. The van der Waals surface area contributed by atoms with Crippen LogP contribution in [0.25, 0.3) is 10.3 Å². The number of benzene rings is 1. The molecular weight excluding hydrogens is 378 g/mol. The topological polar surface area (TPSA) is 71.0 Å². The molecule has 0 radical (unpaired) electrons. The van der Waals surface area contributed by atoms with Crippen LogP contribution in [0, 0.1) is 13.8 Å². The second-order valence-electron chi connectivity index (χ2n) is 6.63. The van der Waals surface area contributed by atoms with Crippen LogP contribution in [0.3, 0.4) is 0 Å². The Hall–Kier alpha value is -2.19. The van der Waals surface area contributed by atoms with Crippen molar-refractivity contribution in [3.05, 3.63) is 35.7 Å². The van der Waals surface area contributed by atoms with Gasteiger partial charge in [-0.25, -0.2) is 9.97 Å². The molecule has 0 spiro atoms. The number of aromatic nitrogens is 3. The van der Waals surface area contributed by atoms with E-state index in [-0.39, 0.29) is 5.91 Å². The van der Waals surface area contributed by atoms with E-state index in [1.54, 1.807) is 11.3 Å². The van der Waals surface area contributed by atoms with Gasteiger partial charge in [-0.05, 0) is 37.8 Å². The molecule has 1 amide bonds. The molecule has 140 valence electrons. The maximum atomic E-state index is 12.4. The highest BCUT2D eigenvalue weighted by atomic mass is 32.2. The number of hydrogen-bond acceptors (Lipinski definition) is 7. The smallest absolute Gasteiger partial charge is 0.234 e. The molecule has 0 unspecified atom stereocenters. The standard InChI is InChI=1S/C19H21N5OS2/c1-12-6-5-7-13(2)15(12)22-14(25)10-26-18-16-17(20-11-21-18)23-19(27-16)24-8-3-4-9-24/h5-7,11H,3-4,8-10H2,1-2H3,(H,22,25). The molecule has 8 heteroatoms. The fourth-order valence-corrected chi connectivity index (χ4v) is 5.13. The predicted octanol–water partition coefficient (Wildman–Crippen LogP) is 4.03. The molecular formula is C19H21N5OS2. The maximum Gasteiger partial charge on any atom is 0.234 e. The normalized spacial score (nSPS) is 14.1. The first kappa shape index (κ1) is 18.2. The zero-order valence-electron chi connectivity index (χ0n) is 15.4. The van der Waals surface area contributed by atoms with Gasteiger partial charge in [0, 0.05) is 18.8 Å². The van der Waals surface area contributed by atoms with Crippen LogP contribution >= 0.6 is 23.1 Å². The van der Waals surface area contributed by atoms with Crippen LogP contribution in [-0.2, 0) is 4.79 Å². The van der Waals surface area contributed by atoms with E-state index in [0.29, 0.717) is 5.75 Å². The van der Waals surface area contributed by atoms with Gasteiger partial charge in [0.2, 0.25) is 5.91 Å². The number of aryl methyl sites for hydroxylation is 2. The molecule has 27 heavy (non-hydrogen) atoms. The van der Waals surface area contributed by atoms with Gasteiger partial charge in [-0.15, -0.1) is 0 Å². The Morgan fingerprint density at radius 3 is 2.70 bits per heavy atom. The van der Waals surface area contributed by atoms with Gasteiger partial charge in [0.1, 0.15) is 16.1 Å². The van der Waals surface area contributed by atoms with Gasteiger partial charge in [0.15, 0.2) is 10.8 Å². The summed E-state index contributed by atoms with van der Waals surface area (Å²) in [6.45, 7) is 6.10. The van der Waals surface area contributed by atoms with Crippen molar-refractivity contribution in [2.24, 2.45) is 0 Å². The zero-order valence-corrected chi connectivity index (χ0v) is 17.0. The summed E-state index contributed by atoms with van der Waals surface area (Å²) in [6.07, 6.45) is 3.95. The van der Waals surface area contributed by atoms with Crippen LogP contribution in [0.1, 0.15) is 24.0 Å². The van der Waals surface area contributed by atoms with E-state index < -0.39 is 0 Å². The number of carbonyl (C=O) groups is 1. The summed E-state index contributed by atoms with van der Waals surface area (Å²) >= 11 is 3.05. The Kier molecular flexibility index (Phi) is 5.27. The van der Waals surface area contributed by atoms with Crippen LogP contribution in [0.2, 0.25) is 0 Å². The largest absolute Gasteiger partial charge is 0.348 e. The number of thiazole rings is 1. The van der Waals surface area contributed by atoms with Crippen LogP contribution in [-0.4, -0.2) is 39.7 Å². The molecule has 1 fully saturated rings. The number of rotatable bonds is 5.